The Morgan fingerprint density at radius 2 is 2.16 bits per heavy atom. The molecule has 0 spiro atoms. The molecule has 2 N–H and O–H groups in total. The van der Waals surface area contributed by atoms with Crippen LogP contribution in [0.3, 0.4) is 0 Å². The third-order valence-corrected chi connectivity index (χ3v) is 5.46. The summed E-state index contributed by atoms with van der Waals surface area (Å²) in [5, 5.41) is 12.1. The van der Waals surface area contributed by atoms with E-state index in [-0.39, 0.29) is 24.3 Å². The summed E-state index contributed by atoms with van der Waals surface area (Å²) in [7, 11) is 0. The summed E-state index contributed by atoms with van der Waals surface area (Å²) in [6, 6.07) is 10.3. The van der Waals surface area contributed by atoms with Crippen molar-refractivity contribution in [1.82, 2.24) is 4.90 Å². The van der Waals surface area contributed by atoms with Gasteiger partial charge in [-0.25, -0.2) is 0 Å². The van der Waals surface area contributed by atoms with Crippen molar-refractivity contribution in [2.75, 3.05) is 25.0 Å². The minimum absolute atomic E-state index is 0.0755. The summed E-state index contributed by atoms with van der Waals surface area (Å²) < 4.78 is 0.553. The number of amides is 2. The summed E-state index contributed by atoms with van der Waals surface area (Å²) in [5.74, 6) is -0.183. The SMILES string of the molecule is O=C(Nc1cccc(C(=O)N2CCCC(CO)C2)c1)c1ccc(Cl)s1. The number of hydrogen-bond acceptors (Lipinski definition) is 4. The average molecular weight is 379 g/mol. The fraction of sp³-hybridized carbons (Fsp3) is 0.333. The van der Waals surface area contributed by atoms with Gasteiger partial charge in [-0.15, -0.1) is 11.3 Å². The highest BCUT2D eigenvalue weighted by Crippen LogP contribution is 2.23. The molecule has 1 unspecified atom stereocenters. The van der Waals surface area contributed by atoms with Crippen LogP contribution in [0.15, 0.2) is 36.4 Å². The number of rotatable bonds is 4. The van der Waals surface area contributed by atoms with Crippen LogP contribution >= 0.6 is 22.9 Å². The third-order valence-electron chi connectivity index (χ3n) is 4.23. The van der Waals surface area contributed by atoms with Crippen LogP contribution in [-0.2, 0) is 0 Å². The predicted molar refractivity (Wildman–Crippen MR) is 99.4 cm³/mol. The van der Waals surface area contributed by atoms with Crippen LogP contribution in [0, 0.1) is 5.92 Å². The van der Waals surface area contributed by atoms with Gasteiger partial charge in [-0.2, -0.15) is 0 Å². The lowest BCUT2D eigenvalue weighted by molar-refractivity contribution is 0.0620. The van der Waals surface area contributed by atoms with Crippen LogP contribution in [0.2, 0.25) is 4.34 Å². The maximum atomic E-state index is 12.7. The van der Waals surface area contributed by atoms with Gasteiger partial charge in [0, 0.05) is 30.9 Å². The maximum Gasteiger partial charge on any atom is 0.265 e. The second-order valence-corrected chi connectivity index (χ2v) is 7.80. The molecule has 1 saturated heterocycles. The summed E-state index contributed by atoms with van der Waals surface area (Å²) in [4.78, 5) is 27.2. The van der Waals surface area contributed by atoms with Gasteiger partial charge in [-0.1, -0.05) is 17.7 Å². The number of carbonyl (C=O) groups is 2. The average Bonchev–Trinajstić information content (AvgIpc) is 3.08. The number of nitrogens with zero attached hydrogens (tertiary/aromatic N) is 1. The van der Waals surface area contributed by atoms with Gasteiger partial charge >= 0.3 is 0 Å². The van der Waals surface area contributed by atoms with Crippen LogP contribution in [0.4, 0.5) is 5.69 Å². The van der Waals surface area contributed by atoms with Crippen molar-refractivity contribution in [2.24, 2.45) is 5.92 Å². The van der Waals surface area contributed by atoms with E-state index in [2.05, 4.69) is 5.32 Å². The van der Waals surface area contributed by atoms with E-state index in [0.29, 0.717) is 33.6 Å². The molecule has 3 rings (SSSR count). The molecule has 2 amide bonds. The highest BCUT2D eigenvalue weighted by Gasteiger charge is 2.24. The fourth-order valence-electron chi connectivity index (χ4n) is 2.94. The van der Waals surface area contributed by atoms with E-state index in [1.54, 1.807) is 41.3 Å². The molecule has 132 valence electrons. The molecular formula is C18H19ClN2O3S. The monoisotopic (exact) mass is 378 g/mol. The Morgan fingerprint density at radius 3 is 2.88 bits per heavy atom. The molecule has 5 nitrogen and oxygen atoms in total. The van der Waals surface area contributed by atoms with E-state index in [1.165, 1.54) is 11.3 Å². The highest BCUT2D eigenvalue weighted by molar-refractivity contribution is 7.18. The molecule has 0 bridgehead atoms. The molecule has 2 aromatic rings. The summed E-state index contributed by atoms with van der Waals surface area (Å²) >= 11 is 7.06. The smallest absolute Gasteiger partial charge is 0.265 e. The molecule has 2 heterocycles. The van der Waals surface area contributed by atoms with Gasteiger partial charge < -0.3 is 15.3 Å². The summed E-state index contributed by atoms with van der Waals surface area (Å²) in [5.41, 5.74) is 1.09. The lowest BCUT2D eigenvalue weighted by atomic mass is 9.98. The number of carbonyl (C=O) groups excluding carboxylic acids is 2. The molecule has 1 aliphatic rings. The van der Waals surface area contributed by atoms with Crippen molar-refractivity contribution in [3.63, 3.8) is 0 Å². The first-order valence-electron chi connectivity index (χ1n) is 8.13. The summed E-state index contributed by atoms with van der Waals surface area (Å²) in [6.07, 6.45) is 1.84. The van der Waals surface area contributed by atoms with E-state index in [4.69, 9.17) is 11.6 Å². The van der Waals surface area contributed by atoms with Gasteiger partial charge in [0.2, 0.25) is 0 Å². The Labute approximate surface area is 155 Å². The van der Waals surface area contributed by atoms with Crippen molar-refractivity contribution in [3.05, 3.63) is 51.2 Å². The molecule has 1 aromatic carbocycles. The topological polar surface area (TPSA) is 69.6 Å². The number of likely N-dealkylation sites (tertiary alicyclic amines) is 1. The van der Waals surface area contributed by atoms with Gasteiger partial charge in [0.1, 0.15) is 0 Å². The highest BCUT2D eigenvalue weighted by atomic mass is 35.5. The minimum Gasteiger partial charge on any atom is -0.396 e. The van der Waals surface area contributed by atoms with Crippen molar-refractivity contribution < 1.29 is 14.7 Å². The number of nitrogens with one attached hydrogen (secondary N) is 1. The molecule has 1 fully saturated rings. The Bertz CT molecular complexity index is 777. The number of benzene rings is 1. The first-order valence-corrected chi connectivity index (χ1v) is 9.33. The third kappa shape index (κ3) is 4.39. The van der Waals surface area contributed by atoms with Crippen molar-refractivity contribution in [1.29, 1.82) is 0 Å². The molecule has 0 aliphatic carbocycles. The Hall–Kier alpha value is -1.89. The van der Waals surface area contributed by atoms with Crippen molar-refractivity contribution >= 4 is 40.4 Å². The lowest BCUT2D eigenvalue weighted by Gasteiger charge is -2.32. The first kappa shape index (κ1) is 17.9. The van der Waals surface area contributed by atoms with E-state index in [0.717, 1.165) is 12.8 Å². The number of halogens is 1. The second kappa shape index (κ2) is 7.99. The molecule has 1 aliphatic heterocycles. The number of anilines is 1. The molecule has 25 heavy (non-hydrogen) atoms. The molecule has 0 saturated carbocycles. The molecule has 1 atom stereocenters. The van der Waals surface area contributed by atoms with Crippen LogP contribution in [0.5, 0.6) is 0 Å². The van der Waals surface area contributed by atoms with E-state index in [9.17, 15) is 14.7 Å². The van der Waals surface area contributed by atoms with Gasteiger partial charge in [-0.3, -0.25) is 9.59 Å². The van der Waals surface area contributed by atoms with Crippen LogP contribution in [-0.4, -0.2) is 41.5 Å². The fourth-order valence-corrected chi connectivity index (χ4v) is 3.88. The number of piperidine rings is 1. The predicted octanol–water partition coefficient (Wildman–Crippen LogP) is 3.50. The minimum atomic E-state index is -0.250. The number of thiophene rings is 1. The van der Waals surface area contributed by atoms with Crippen LogP contribution in [0.25, 0.3) is 0 Å². The zero-order valence-electron chi connectivity index (χ0n) is 13.6. The Kier molecular flexibility index (Phi) is 5.73. The zero-order chi connectivity index (χ0) is 17.8. The molecule has 0 radical (unpaired) electrons. The van der Waals surface area contributed by atoms with Crippen LogP contribution < -0.4 is 5.32 Å². The lowest BCUT2D eigenvalue weighted by Crippen LogP contribution is -2.40. The van der Waals surface area contributed by atoms with Crippen molar-refractivity contribution in [3.8, 4) is 0 Å². The van der Waals surface area contributed by atoms with Crippen molar-refractivity contribution in [2.45, 2.75) is 12.8 Å². The van der Waals surface area contributed by atoms with Gasteiger partial charge in [0.15, 0.2) is 0 Å². The normalized spacial score (nSPS) is 17.4. The standard InChI is InChI=1S/C18H19ClN2O3S/c19-16-7-6-15(25-16)17(23)20-14-5-1-4-13(9-14)18(24)21-8-2-3-12(10-21)11-22/h1,4-7,9,12,22H,2-3,8,10-11H2,(H,20,23). The number of aliphatic hydroxyl groups is 1. The van der Waals surface area contributed by atoms with Gasteiger partial charge in [0.25, 0.3) is 11.8 Å². The molecule has 1 aromatic heterocycles. The largest absolute Gasteiger partial charge is 0.396 e. The van der Waals surface area contributed by atoms with Gasteiger partial charge in [0.05, 0.1) is 9.21 Å². The van der Waals surface area contributed by atoms with Gasteiger partial charge in [-0.05, 0) is 49.1 Å². The number of hydrogen-bond donors (Lipinski definition) is 2. The zero-order valence-corrected chi connectivity index (χ0v) is 15.1. The number of aliphatic hydroxyl groups excluding tert-OH is 1. The maximum absolute atomic E-state index is 12.7. The first-order chi connectivity index (χ1) is 12.1. The van der Waals surface area contributed by atoms with E-state index >= 15 is 0 Å². The summed E-state index contributed by atoms with van der Waals surface area (Å²) in [6.45, 7) is 1.36. The van der Waals surface area contributed by atoms with E-state index < -0.39 is 0 Å². The Morgan fingerprint density at radius 1 is 1.32 bits per heavy atom. The Balaban J connectivity index is 1.70. The molecular weight excluding hydrogens is 360 g/mol. The van der Waals surface area contributed by atoms with Crippen LogP contribution in [0.1, 0.15) is 32.9 Å². The second-order valence-electron chi connectivity index (χ2n) is 6.08. The van der Waals surface area contributed by atoms with E-state index in [1.807, 2.05) is 0 Å². The molecule has 7 heteroatoms. The quantitative estimate of drug-likeness (QED) is 0.855.